The highest BCUT2D eigenvalue weighted by Gasteiger charge is 2.07. The van der Waals surface area contributed by atoms with E-state index in [0.29, 0.717) is 41.0 Å². The van der Waals surface area contributed by atoms with Gasteiger partial charge in [-0.05, 0) is 31.5 Å². The fourth-order valence-corrected chi connectivity index (χ4v) is 2.05. The van der Waals surface area contributed by atoms with Crippen LogP contribution < -0.4 is 10.6 Å². The summed E-state index contributed by atoms with van der Waals surface area (Å²) < 4.78 is 13.4. The van der Waals surface area contributed by atoms with Crippen LogP contribution in [0.15, 0.2) is 24.3 Å². The maximum absolute atomic E-state index is 13.4. The summed E-state index contributed by atoms with van der Waals surface area (Å²) in [7, 11) is 0. The first kappa shape index (κ1) is 16.2. The zero-order valence-electron chi connectivity index (χ0n) is 12.3. The Morgan fingerprint density at radius 1 is 1.23 bits per heavy atom. The Bertz CT molecular complexity index is 673. The first-order valence-corrected chi connectivity index (χ1v) is 7.13. The second-order valence-corrected chi connectivity index (χ2v) is 5.16. The first-order chi connectivity index (χ1) is 10.5. The van der Waals surface area contributed by atoms with Gasteiger partial charge in [0.1, 0.15) is 22.6 Å². The second-order valence-electron chi connectivity index (χ2n) is 4.77. The lowest BCUT2D eigenvalue weighted by Crippen LogP contribution is -2.29. The van der Waals surface area contributed by atoms with Crippen molar-refractivity contribution in [1.29, 1.82) is 0 Å². The molecule has 0 atom stereocenters. The fraction of sp³-hybridized carbons (Fsp3) is 0.267. The number of halogens is 2. The molecule has 22 heavy (non-hydrogen) atoms. The molecule has 2 N–H and O–H groups in total. The summed E-state index contributed by atoms with van der Waals surface area (Å²) in [5, 5.41) is 6.09. The molecule has 1 aromatic heterocycles. The molecule has 0 fully saturated rings. The number of aromatic nitrogens is 2. The summed E-state index contributed by atoms with van der Waals surface area (Å²) in [5.41, 5.74) is 0.804. The largest absolute Gasteiger partial charge is 0.368 e. The Kier molecular flexibility index (Phi) is 5.27. The van der Waals surface area contributed by atoms with Gasteiger partial charge in [0, 0.05) is 24.7 Å². The monoisotopic (exact) mass is 322 g/mol. The van der Waals surface area contributed by atoms with Crippen molar-refractivity contribution < 1.29 is 9.18 Å². The lowest BCUT2D eigenvalue weighted by atomic mass is 10.1. The maximum Gasteiger partial charge on any atom is 0.251 e. The van der Waals surface area contributed by atoms with Crippen LogP contribution in [0.2, 0.25) is 5.15 Å². The highest BCUT2D eigenvalue weighted by molar-refractivity contribution is 6.29. The minimum absolute atomic E-state index is 0.295. The van der Waals surface area contributed by atoms with Crippen LogP contribution in [0.4, 0.5) is 10.2 Å². The molecule has 7 heteroatoms. The SMILES string of the molecule is Cc1nc(Cl)cc(NCCNC(=O)c2ccc(C)c(F)c2)n1. The molecule has 0 radical (unpaired) electrons. The molecule has 0 unspecified atom stereocenters. The Labute approximate surface area is 132 Å². The van der Waals surface area contributed by atoms with Crippen LogP contribution in [0.1, 0.15) is 21.7 Å². The van der Waals surface area contributed by atoms with Gasteiger partial charge in [0.2, 0.25) is 0 Å². The lowest BCUT2D eigenvalue weighted by molar-refractivity contribution is 0.0954. The van der Waals surface area contributed by atoms with E-state index in [9.17, 15) is 9.18 Å². The number of aryl methyl sites for hydroxylation is 2. The average Bonchev–Trinajstić information content (AvgIpc) is 2.45. The van der Waals surface area contributed by atoms with Crippen molar-refractivity contribution in [2.24, 2.45) is 0 Å². The van der Waals surface area contributed by atoms with Crippen molar-refractivity contribution in [3.63, 3.8) is 0 Å². The van der Waals surface area contributed by atoms with Crippen LogP contribution in [0.5, 0.6) is 0 Å². The number of carbonyl (C=O) groups is 1. The summed E-state index contributed by atoms with van der Waals surface area (Å²) in [6.07, 6.45) is 0. The van der Waals surface area contributed by atoms with E-state index in [-0.39, 0.29) is 5.91 Å². The van der Waals surface area contributed by atoms with Crippen LogP contribution in [0.25, 0.3) is 0 Å². The van der Waals surface area contributed by atoms with Gasteiger partial charge in [0.05, 0.1) is 0 Å². The molecule has 1 heterocycles. The number of benzene rings is 1. The van der Waals surface area contributed by atoms with Gasteiger partial charge in [-0.2, -0.15) is 0 Å². The van der Waals surface area contributed by atoms with Gasteiger partial charge in [-0.15, -0.1) is 0 Å². The molecule has 0 saturated carbocycles. The molecule has 0 bridgehead atoms. The molecule has 0 saturated heterocycles. The summed E-state index contributed by atoms with van der Waals surface area (Å²) >= 11 is 5.82. The summed E-state index contributed by atoms with van der Waals surface area (Å²) in [6, 6.07) is 6.00. The van der Waals surface area contributed by atoms with Gasteiger partial charge in [-0.1, -0.05) is 17.7 Å². The predicted molar refractivity (Wildman–Crippen MR) is 83.7 cm³/mol. The molecule has 0 spiro atoms. The molecule has 0 aliphatic carbocycles. The number of rotatable bonds is 5. The van der Waals surface area contributed by atoms with Crippen LogP contribution in [-0.2, 0) is 0 Å². The van der Waals surface area contributed by atoms with Gasteiger partial charge < -0.3 is 10.6 Å². The Balaban J connectivity index is 1.83. The van der Waals surface area contributed by atoms with Gasteiger partial charge in [0.15, 0.2) is 0 Å². The number of amides is 1. The van der Waals surface area contributed by atoms with E-state index in [1.165, 1.54) is 6.07 Å². The van der Waals surface area contributed by atoms with Gasteiger partial charge >= 0.3 is 0 Å². The molecule has 1 aromatic carbocycles. The summed E-state index contributed by atoms with van der Waals surface area (Å²) in [6.45, 7) is 4.22. The third kappa shape index (κ3) is 4.39. The van der Waals surface area contributed by atoms with Crippen LogP contribution in [0, 0.1) is 19.7 Å². The van der Waals surface area contributed by atoms with Crippen LogP contribution >= 0.6 is 11.6 Å². The van der Waals surface area contributed by atoms with E-state index in [1.54, 1.807) is 32.0 Å². The molecule has 2 aromatic rings. The van der Waals surface area contributed by atoms with E-state index in [2.05, 4.69) is 20.6 Å². The fourth-order valence-electron chi connectivity index (χ4n) is 1.82. The number of nitrogens with zero attached hydrogens (tertiary/aromatic N) is 2. The van der Waals surface area contributed by atoms with Crippen molar-refractivity contribution in [1.82, 2.24) is 15.3 Å². The molecule has 1 amide bonds. The third-order valence-corrected chi connectivity index (χ3v) is 3.15. The molecule has 5 nitrogen and oxygen atoms in total. The number of anilines is 1. The number of hydrogen-bond acceptors (Lipinski definition) is 4. The number of carbonyl (C=O) groups excluding carboxylic acids is 1. The van der Waals surface area contributed by atoms with Crippen LogP contribution in [-0.4, -0.2) is 29.0 Å². The van der Waals surface area contributed by atoms with E-state index >= 15 is 0 Å². The first-order valence-electron chi connectivity index (χ1n) is 6.75. The molecular weight excluding hydrogens is 307 g/mol. The number of hydrogen-bond donors (Lipinski definition) is 2. The molecule has 0 aliphatic heterocycles. The normalized spacial score (nSPS) is 10.4. The van der Waals surface area contributed by atoms with Crippen molar-refractivity contribution >= 4 is 23.3 Å². The second kappa shape index (κ2) is 7.17. The smallest absolute Gasteiger partial charge is 0.251 e. The predicted octanol–water partition coefficient (Wildman–Crippen LogP) is 2.73. The summed E-state index contributed by atoms with van der Waals surface area (Å²) in [5.74, 6) is 0.441. The third-order valence-electron chi connectivity index (χ3n) is 2.96. The van der Waals surface area contributed by atoms with Gasteiger partial charge in [-0.3, -0.25) is 4.79 Å². The Morgan fingerprint density at radius 3 is 2.68 bits per heavy atom. The van der Waals surface area contributed by atoms with Gasteiger partial charge in [0.25, 0.3) is 5.91 Å². The average molecular weight is 323 g/mol. The van der Waals surface area contributed by atoms with E-state index in [1.807, 2.05) is 0 Å². The van der Waals surface area contributed by atoms with E-state index in [0.717, 1.165) is 0 Å². The van der Waals surface area contributed by atoms with Crippen molar-refractivity contribution in [2.75, 3.05) is 18.4 Å². The van der Waals surface area contributed by atoms with E-state index in [4.69, 9.17) is 11.6 Å². The topological polar surface area (TPSA) is 66.9 Å². The van der Waals surface area contributed by atoms with Crippen molar-refractivity contribution in [3.8, 4) is 0 Å². The van der Waals surface area contributed by atoms with E-state index < -0.39 is 5.82 Å². The zero-order chi connectivity index (χ0) is 16.1. The summed E-state index contributed by atoms with van der Waals surface area (Å²) in [4.78, 5) is 20.0. The molecule has 116 valence electrons. The zero-order valence-corrected chi connectivity index (χ0v) is 13.0. The number of nitrogens with one attached hydrogen (secondary N) is 2. The Hall–Kier alpha value is -2.21. The lowest BCUT2D eigenvalue weighted by Gasteiger charge is -2.08. The maximum atomic E-state index is 13.4. The Morgan fingerprint density at radius 2 is 2.00 bits per heavy atom. The van der Waals surface area contributed by atoms with Crippen LogP contribution in [0.3, 0.4) is 0 Å². The minimum atomic E-state index is -0.392. The van der Waals surface area contributed by atoms with Crippen molar-refractivity contribution in [2.45, 2.75) is 13.8 Å². The van der Waals surface area contributed by atoms with Gasteiger partial charge in [-0.25, -0.2) is 14.4 Å². The highest BCUT2D eigenvalue weighted by atomic mass is 35.5. The molecular formula is C15H16ClFN4O. The van der Waals surface area contributed by atoms with Crippen molar-refractivity contribution in [3.05, 3.63) is 52.2 Å². The highest BCUT2D eigenvalue weighted by Crippen LogP contribution is 2.11. The standard InChI is InChI=1S/C15H16ClFN4O/c1-9-3-4-11(7-12(9)17)15(22)19-6-5-18-14-8-13(16)20-10(2)21-14/h3-4,7-8H,5-6H2,1-2H3,(H,19,22)(H,18,20,21). The molecule has 0 aliphatic rings. The minimum Gasteiger partial charge on any atom is -0.368 e. The quantitative estimate of drug-likeness (QED) is 0.656. The molecule has 2 rings (SSSR count).